The van der Waals surface area contributed by atoms with Crippen LogP contribution >= 0.6 is 23.3 Å². The number of nitrogens with one attached hydrogen (secondary N) is 1. The first-order valence-electron chi connectivity index (χ1n) is 6.99. The lowest BCUT2D eigenvalue weighted by Gasteiger charge is -2.19. The molecule has 0 fully saturated rings. The molecule has 0 amide bonds. The molecule has 3 rings (SSSR count). The first-order chi connectivity index (χ1) is 10.3. The summed E-state index contributed by atoms with van der Waals surface area (Å²) in [7, 11) is 0. The van der Waals surface area contributed by atoms with Crippen LogP contribution in [0.15, 0.2) is 42.5 Å². The minimum absolute atomic E-state index is 0.317. The molecule has 1 N–H and O–H groups in total. The fourth-order valence-corrected chi connectivity index (χ4v) is 3.11. The summed E-state index contributed by atoms with van der Waals surface area (Å²) < 4.78 is 8.63. The summed E-state index contributed by atoms with van der Waals surface area (Å²) in [6.07, 6.45) is 1.97. The Bertz CT molecular complexity index is 727. The van der Waals surface area contributed by atoms with Crippen LogP contribution in [-0.4, -0.2) is 14.8 Å². The molecule has 2 aromatic carbocycles. The van der Waals surface area contributed by atoms with Gasteiger partial charge in [0.25, 0.3) is 0 Å². The molecular formula is C16H16ClN3S. The van der Waals surface area contributed by atoms with Crippen molar-refractivity contribution in [1.82, 2.24) is 8.75 Å². The predicted molar refractivity (Wildman–Crippen MR) is 90.3 cm³/mol. The highest BCUT2D eigenvalue weighted by molar-refractivity contribution is 7.00. The first kappa shape index (κ1) is 14.3. The monoisotopic (exact) mass is 317 g/mol. The van der Waals surface area contributed by atoms with Gasteiger partial charge < -0.3 is 5.32 Å². The second-order valence-corrected chi connectivity index (χ2v) is 5.93. The average Bonchev–Trinajstić information content (AvgIpc) is 2.99. The van der Waals surface area contributed by atoms with Crippen LogP contribution in [0.5, 0.6) is 0 Å². The lowest BCUT2D eigenvalue weighted by atomic mass is 10.0. The van der Waals surface area contributed by atoms with E-state index in [1.165, 1.54) is 17.3 Å². The highest BCUT2D eigenvalue weighted by atomic mass is 35.5. The van der Waals surface area contributed by atoms with Crippen LogP contribution in [0.4, 0.5) is 5.69 Å². The van der Waals surface area contributed by atoms with E-state index in [0.29, 0.717) is 11.1 Å². The van der Waals surface area contributed by atoms with Gasteiger partial charge in [0.15, 0.2) is 0 Å². The van der Waals surface area contributed by atoms with Crippen molar-refractivity contribution in [3.63, 3.8) is 0 Å². The van der Waals surface area contributed by atoms with E-state index < -0.39 is 0 Å². The Morgan fingerprint density at radius 2 is 1.95 bits per heavy atom. The molecule has 0 aliphatic heterocycles. The van der Waals surface area contributed by atoms with Gasteiger partial charge in [0.2, 0.25) is 0 Å². The van der Waals surface area contributed by atoms with Gasteiger partial charge in [-0.1, -0.05) is 48.9 Å². The molecule has 21 heavy (non-hydrogen) atoms. The standard InChI is InChI=1S/C16H16ClN3S/c1-2-12(10-11-6-4-3-5-7-11)18-15-13(17)8-9-14-16(15)20-21-19-14/h3-9,12,18H,2,10H2,1H3. The Hall–Kier alpha value is -1.65. The maximum absolute atomic E-state index is 6.34. The van der Waals surface area contributed by atoms with Crippen molar-refractivity contribution >= 4 is 40.0 Å². The van der Waals surface area contributed by atoms with Gasteiger partial charge in [0.1, 0.15) is 11.0 Å². The summed E-state index contributed by atoms with van der Waals surface area (Å²) in [6, 6.07) is 14.6. The summed E-state index contributed by atoms with van der Waals surface area (Å²) in [5, 5.41) is 4.24. The number of fused-ring (bicyclic) bond motifs is 1. The zero-order valence-corrected chi connectivity index (χ0v) is 13.3. The molecule has 5 heteroatoms. The maximum atomic E-state index is 6.34. The van der Waals surface area contributed by atoms with Crippen molar-refractivity contribution < 1.29 is 0 Å². The second kappa shape index (κ2) is 6.41. The average molecular weight is 318 g/mol. The van der Waals surface area contributed by atoms with E-state index in [1.54, 1.807) is 0 Å². The third-order valence-electron chi connectivity index (χ3n) is 3.54. The van der Waals surface area contributed by atoms with Crippen LogP contribution in [-0.2, 0) is 6.42 Å². The van der Waals surface area contributed by atoms with Crippen molar-refractivity contribution in [2.24, 2.45) is 0 Å². The molecule has 1 unspecified atom stereocenters. The smallest absolute Gasteiger partial charge is 0.129 e. The first-order valence-corrected chi connectivity index (χ1v) is 8.10. The predicted octanol–water partition coefficient (Wildman–Crippen LogP) is 4.78. The second-order valence-electron chi connectivity index (χ2n) is 4.99. The van der Waals surface area contributed by atoms with Gasteiger partial charge in [-0.2, -0.15) is 8.75 Å². The Morgan fingerprint density at radius 3 is 2.71 bits per heavy atom. The van der Waals surface area contributed by atoms with E-state index in [2.05, 4.69) is 45.3 Å². The largest absolute Gasteiger partial charge is 0.379 e. The number of hydrogen-bond acceptors (Lipinski definition) is 4. The molecule has 0 radical (unpaired) electrons. The third-order valence-corrected chi connectivity index (χ3v) is 4.40. The zero-order valence-electron chi connectivity index (χ0n) is 11.7. The third kappa shape index (κ3) is 3.17. The number of hydrogen-bond donors (Lipinski definition) is 1. The molecule has 1 atom stereocenters. The summed E-state index contributed by atoms with van der Waals surface area (Å²) in [5.41, 5.74) is 3.96. The topological polar surface area (TPSA) is 37.8 Å². The Labute approximate surface area is 133 Å². The molecule has 3 aromatic rings. The highest BCUT2D eigenvalue weighted by Gasteiger charge is 2.14. The minimum atomic E-state index is 0.317. The molecule has 3 nitrogen and oxygen atoms in total. The maximum Gasteiger partial charge on any atom is 0.129 e. The zero-order chi connectivity index (χ0) is 14.7. The minimum Gasteiger partial charge on any atom is -0.379 e. The van der Waals surface area contributed by atoms with E-state index in [9.17, 15) is 0 Å². The number of benzene rings is 2. The highest BCUT2D eigenvalue weighted by Crippen LogP contribution is 2.31. The summed E-state index contributed by atoms with van der Waals surface area (Å²) >= 11 is 7.55. The number of halogens is 1. The van der Waals surface area contributed by atoms with E-state index in [0.717, 1.165) is 29.6 Å². The van der Waals surface area contributed by atoms with Crippen LogP contribution in [0.25, 0.3) is 11.0 Å². The molecule has 1 heterocycles. The summed E-state index contributed by atoms with van der Waals surface area (Å²) in [4.78, 5) is 0. The van der Waals surface area contributed by atoms with Crippen LogP contribution in [0.3, 0.4) is 0 Å². The van der Waals surface area contributed by atoms with Crippen molar-refractivity contribution in [3.8, 4) is 0 Å². The van der Waals surface area contributed by atoms with Crippen LogP contribution in [0, 0.1) is 0 Å². The molecule has 0 aliphatic rings. The molecule has 0 spiro atoms. The van der Waals surface area contributed by atoms with Crippen LogP contribution < -0.4 is 5.32 Å². The lowest BCUT2D eigenvalue weighted by Crippen LogP contribution is -2.21. The molecular weight excluding hydrogens is 302 g/mol. The van der Waals surface area contributed by atoms with Gasteiger partial charge >= 0.3 is 0 Å². The number of nitrogens with zero attached hydrogens (tertiary/aromatic N) is 2. The van der Waals surface area contributed by atoms with Gasteiger partial charge in [0.05, 0.1) is 22.4 Å². The Morgan fingerprint density at radius 1 is 1.14 bits per heavy atom. The Kier molecular flexibility index (Phi) is 4.36. The quantitative estimate of drug-likeness (QED) is 0.736. The van der Waals surface area contributed by atoms with Crippen LogP contribution in [0.1, 0.15) is 18.9 Å². The summed E-state index contributed by atoms with van der Waals surface area (Å²) in [6.45, 7) is 2.17. The van der Waals surface area contributed by atoms with Crippen molar-refractivity contribution in [2.75, 3.05) is 5.32 Å². The van der Waals surface area contributed by atoms with E-state index >= 15 is 0 Å². The van der Waals surface area contributed by atoms with Crippen molar-refractivity contribution in [3.05, 3.63) is 53.1 Å². The lowest BCUT2D eigenvalue weighted by molar-refractivity contribution is 0.691. The number of aromatic nitrogens is 2. The van der Waals surface area contributed by atoms with Crippen LogP contribution in [0.2, 0.25) is 5.02 Å². The van der Waals surface area contributed by atoms with Crippen molar-refractivity contribution in [2.45, 2.75) is 25.8 Å². The molecule has 1 aromatic heterocycles. The molecule has 0 aliphatic carbocycles. The molecule has 0 saturated heterocycles. The Balaban J connectivity index is 1.85. The fraction of sp³-hybridized carbons (Fsp3) is 0.250. The molecule has 108 valence electrons. The molecule has 0 bridgehead atoms. The molecule has 0 saturated carbocycles. The summed E-state index contributed by atoms with van der Waals surface area (Å²) in [5.74, 6) is 0. The number of rotatable bonds is 5. The normalized spacial score (nSPS) is 12.5. The fourth-order valence-electron chi connectivity index (χ4n) is 2.36. The van der Waals surface area contributed by atoms with Gasteiger partial charge in [-0.25, -0.2) is 0 Å². The SMILES string of the molecule is CCC(Cc1ccccc1)Nc1c(Cl)ccc2nsnc12. The van der Waals surface area contributed by atoms with Gasteiger partial charge in [0, 0.05) is 6.04 Å². The van der Waals surface area contributed by atoms with Gasteiger partial charge in [-0.15, -0.1) is 0 Å². The van der Waals surface area contributed by atoms with E-state index in [4.69, 9.17) is 11.6 Å². The van der Waals surface area contributed by atoms with Crippen molar-refractivity contribution in [1.29, 1.82) is 0 Å². The van der Waals surface area contributed by atoms with Gasteiger partial charge in [-0.05, 0) is 30.5 Å². The number of anilines is 1. The van der Waals surface area contributed by atoms with E-state index in [-0.39, 0.29) is 0 Å². The van der Waals surface area contributed by atoms with Gasteiger partial charge in [-0.3, -0.25) is 0 Å². The van der Waals surface area contributed by atoms with E-state index in [1.807, 2.05) is 18.2 Å².